The van der Waals surface area contributed by atoms with Crippen LogP contribution in [0.1, 0.15) is 104 Å². The van der Waals surface area contributed by atoms with Crippen LogP contribution in [0.4, 0.5) is 0 Å². The summed E-state index contributed by atoms with van der Waals surface area (Å²) in [6.45, 7) is 6.02. The second kappa shape index (κ2) is 13.3. The first kappa shape index (κ1) is 24.3. The van der Waals surface area contributed by atoms with Crippen LogP contribution in [-0.2, 0) is 13.1 Å². The van der Waals surface area contributed by atoms with Crippen molar-refractivity contribution in [3.63, 3.8) is 0 Å². The smallest absolute Gasteiger partial charge is 0.315 e. The quantitative estimate of drug-likeness (QED) is 0.256. The van der Waals surface area contributed by atoms with Gasteiger partial charge >= 0.3 is 5.69 Å². The summed E-state index contributed by atoms with van der Waals surface area (Å²) in [7, 11) is 0. The number of rotatable bonds is 16. The lowest BCUT2D eigenvalue weighted by Crippen LogP contribution is -2.17. The van der Waals surface area contributed by atoms with Crippen molar-refractivity contribution in [2.24, 2.45) is 0 Å². The molecule has 1 aromatic rings. The summed E-state index contributed by atoms with van der Waals surface area (Å²) in [5, 5.41) is 0. The van der Waals surface area contributed by atoms with E-state index in [9.17, 15) is 4.79 Å². The molecule has 0 spiro atoms. The Balaban J connectivity index is 1.59. The molecular formula is C25H40N6O. The molecule has 0 aromatic carbocycles. The molecule has 0 aliphatic carbocycles. The lowest BCUT2D eigenvalue weighted by atomic mass is 10.1. The Morgan fingerprint density at radius 1 is 0.719 bits per heavy atom. The molecule has 0 fully saturated rings. The molecule has 176 valence electrons. The first-order valence-electron chi connectivity index (χ1n) is 12.8. The molecule has 7 nitrogen and oxygen atoms in total. The third-order valence-electron chi connectivity index (χ3n) is 6.29. The molecule has 0 saturated heterocycles. The molecule has 1 aromatic heterocycles. The molecular weight excluding hydrogens is 400 g/mol. The maximum absolute atomic E-state index is 12.6. The minimum atomic E-state index is -0.228. The summed E-state index contributed by atoms with van der Waals surface area (Å²) in [5.74, 6) is 0.602. The number of imidazole rings is 2. The van der Waals surface area contributed by atoms with Crippen LogP contribution in [0.3, 0.4) is 0 Å². The Morgan fingerprint density at radius 2 is 1.31 bits per heavy atom. The van der Waals surface area contributed by atoms with E-state index in [1.807, 2.05) is 6.33 Å². The predicted octanol–water partition coefficient (Wildman–Crippen LogP) is 5.99. The molecule has 0 saturated carbocycles. The minimum Gasteiger partial charge on any atom is -0.315 e. The van der Waals surface area contributed by atoms with Crippen molar-refractivity contribution < 1.29 is 0 Å². The Hall–Kier alpha value is -2.31. The minimum absolute atomic E-state index is 0.228. The van der Waals surface area contributed by atoms with Crippen LogP contribution in [0, 0.1) is 0 Å². The highest BCUT2D eigenvalue weighted by Crippen LogP contribution is 2.23. The number of unbranched alkanes of at least 4 members (excludes halogenated alkanes) is 12. The lowest BCUT2D eigenvalue weighted by Gasteiger charge is -2.04. The highest BCUT2D eigenvalue weighted by Gasteiger charge is 2.20. The van der Waals surface area contributed by atoms with Gasteiger partial charge < -0.3 is 4.57 Å². The van der Waals surface area contributed by atoms with E-state index < -0.39 is 0 Å². The number of fused-ring (bicyclic) bond motifs is 3. The van der Waals surface area contributed by atoms with E-state index in [-0.39, 0.29) is 5.69 Å². The van der Waals surface area contributed by atoms with Gasteiger partial charge in [0.1, 0.15) is 17.5 Å². The SMILES string of the molecule is CCCCCCCCCCn1c2ncnc3c(ncn3CCCCCCCC)c-2nc1=O. The topological polar surface area (TPSA) is 78.5 Å². The molecule has 0 unspecified atom stereocenters. The van der Waals surface area contributed by atoms with E-state index >= 15 is 0 Å². The standard InChI is InChI=1S/C25H40N6O/c1-3-5-7-9-11-12-14-16-18-31-24-22(29-25(31)32)21-23(26-19-27-24)30(20-28-21)17-15-13-10-8-6-4-2/h19-20H,3-18H2,1-2H3. The highest BCUT2D eigenvalue weighted by atomic mass is 16.1. The third kappa shape index (κ3) is 6.59. The molecule has 0 radical (unpaired) electrons. The van der Waals surface area contributed by atoms with Gasteiger partial charge in [0.15, 0.2) is 11.5 Å². The van der Waals surface area contributed by atoms with Gasteiger partial charge in [0, 0.05) is 13.1 Å². The van der Waals surface area contributed by atoms with Gasteiger partial charge in [-0.2, -0.15) is 4.98 Å². The molecule has 0 amide bonds. The summed E-state index contributed by atoms with van der Waals surface area (Å²) < 4.78 is 3.76. The number of hydrogen-bond donors (Lipinski definition) is 0. The highest BCUT2D eigenvalue weighted by molar-refractivity contribution is 5.84. The van der Waals surface area contributed by atoms with Crippen LogP contribution in [0.2, 0.25) is 0 Å². The molecule has 0 atom stereocenters. The molecule has 0 bridgehead atoms. The van der Waals surface area contributed by atoms with Gasteiger partial charge in [-0.05, 0) is 12.8 Å². The molecule has 32 heavy (non-hydrogen) atoms. The van der Waals surface area contributed by atoms with E-state index in [1.54, 1.807) is 10.9 Å². The Labute approximate surface area is 192 Å². The number of aryl methyl sites for hydroxylation is 1. The normalized spacial score (nSPS) is 11.7. The Morgan fingerprint density at radius 3 is 1.97 bits per heavy atom. The van der Waals surface area contributed by atoms with Crippen molar-refractivity contribution in [3.05, 3.63) is 23.1 Å². The largest absolute Gasteiger partial charge is 0.350 e. The summed E-state index contributed by atoms with van der Waals surface area (Å²) in [4.78, 5) is 30.4. The maximum Gasteiger partial charge on any atom is 0.350 e. The second-order valence-electron chi connectivity index (χ2n) is 8.94. The average Bonchev–Trinajstić information content (AvgIpc) is 3.27. The van der Waals surface area contributed by atoms with Gasteiger partial charge in [0.2, 0.25) is 0 Å². The second-order valence-corrected chi connectivity index (χ2v) is 8.94. The van der Waals surface area contributed by atoms with Crippen LogP contribution in [0.25, 0.3) is 22.7 Å². The van der Waals surface area contributed by atoms with Crippen LogP contribution >= 0.6 is 0 Å². The number of aromatic nitrogens is 6. The lowest BCUT2D eigenvalue weighted by molar-refractivity contribution is 0.538. The molecule has 0 N–H and O–H groups in total. The zero-order valence-electron chi connectivity index (χ0n) is 20.1. The van der Waals surface area contributed by atoms with Crippen molar-refractivity contribution in [2.45, 2.75) is 117 Å². The fourth-order valence-corrected chi connectivity index (χ4v) is 4.36. The van der Waals surface area contributed by atoms with Crippen molar-refractivity contribution in [1.82, 2.24) is 29.1 Å². The fourth-order valence-electron chi connectivity index (χ4n) is 4.36. The molecule has 3 rings (SSSR count). The monoisotopic (exact) mass is 440 g/mol. The summed E-state index contributed by atoms with van der Waals surface area (Å²) >= 11 is 0. The van der Waals surface area contributed by atoms with Gasteiger partial charge in [-0.3, -0.25) is 4.57 Å². The number of hydrogen-bond acceptors (Lipinski definition) is 5. The van der Waals surface area contributed by atoms with E-state index in [0.29, 0.717) is 23.6 Å². The van der Waals surface area contributed by atoms with Crippen molar-refractivity contribution in [2.75, 3.05) is 0 Å². The molecule has 2 aliphatic rings. The molecule has 7 heteroatoms. The third-order valence-corrected chi connectivity index (χ3v) is 6.29. The van der Waals surface area contributed by atoms with Crippen LogP contribution in [0.15, 0.2) is 17.4 Å². The summed E-state index contributed by atoms with van der Waals surface area (Å²) in [5.41, 5.74) is 1.78. The van der Waals surface area contributed by atoms with E-state index in [1.165, 1.54) is 70.6 Å². The van der Waals surface area contributed by atoms with Gasteiger partial charge in [0.25, 0.3) is 0 Å². The number of nitrogens with zero attached hydrogens (tertiary/aromatic N) is 6. The van der Waals surface area contributed by atoms with Crippen LogP contribution in [-0.4, -0.2) is 29.1 Å². The average molecular weight is 441 g/mol. The first-order chi connectivity index (χ1) is 15.8. The fraction of sp³-hybridized carbons (Fsp3) is 0.720. The Bertz CT molecular complexity index is 963. The van der Waals surface area contributed by atoms with Gasteiger partial charge in [-0.1, -0.05) is 90.9 Å². The van der Waals surface area contributed by atoms with Gasteiger partial charge in [0.05, 0.1) is 6.33 Å². The van der Waals surface area contributed by atoms with Crippen molar-refractivity contribution in [1.29, 1.82) is 0 Å². The maximum atomic E-state index is 12.6. The zero-order chi connectivity index (χ0) is 22.6. The molecule has 2 aliphatic heterocycles. The first-order valence-corrected chi connectivity index (χ1v) is 12.8. The van der Waals surface area contributed by atoms with E-state index in [4.69, 9.17) is 0 Å². The summed E-state index contributed by atoms with van der Waals surface area (Å²) in [6.07, 6.45) is 20.7. The van der Waals surface area contributed by atoms with Gasteiger partial charge in [-0.15, -0.1) is 0 Å². The van der Waals surface area contributed by atoms with E-state index in [0.717, 1.165) is 31.5 Å². The summed E-state index contributed by atoms with van der Waals surface area (Å²) in [6, 6.07) is 0. The van der Waals surface area contributed by atoms with Gasteiger partial charge in [-0.25, -0.2) is 19.7 Å². The van der Waals surface area contributed by atoms with Crippen LogP contribution < -0.4 is 5.69 Å². The van der Waals surface area contributed by atoms with Crippen LogP contribution in [0.5, 0.6) is 0 Å². The molecule has 3 heterocycles. The zero-order valence-corrected chi connectivity index (χ0v) is 20.1. The Kier molecular flexibility index (Phi) is 10.1. The van der Waals surface area contributed by atoms with E-state index in [2.05, 4.69) is 38.4 Å². The van der Waals surface area contributed by atoms with Crippen molar-refractivity contribution >= 4 is 11.2 Å². The van der Waals surface area contributed by atoms with Crippen molar-refractivity contribution in [3.8, 4) is 11.5 Å². The predicted molar refractivity (Wildman–Crippen MR) is 130 cm³/mol.